The van der Waals surface area contributed by atoms with Crippen LogP contribution in [0, 0.1) is 28.1 Å². The Morgan fingerprint density at radius 2 is 0.905 bits per heavy atom. The van der Waals surface area contributed by atoms with Crippen LogP contribution in [0.25, 0.3) is 0 Å². The molecule has 5 atom stereocenters. The lowest BCUT2D eigenvalue weighted by molar-refractivity contribution is 0.155. The minimum Gasteiger partial charge on any atom is -0.480 e. The molecular formula is C57H73Cl3F2N18OS3. The molecule has 3 spiro atoms. The van der Waals surface area contributed by atoms with Crippen LogP contribution in [0.3, 0.4) is 0 Å². The second kappa shape index (κ2) is 26.3. The first kappa shape index (κ1) is 61.7. The van der Waals surface area contributed by atoms with Crippen LogP contribution in [-0.4, -0.2) is 110 Å². The fourth-order valence-electron chi connectivity index (χ4n) is 13.3. The number of pyridine rings is 3. The highest BCUT2D eigenvalue weighted by molar-refractivity contribution is 8.00. The molecule has 6 fully saturated rings. The fraction of sp³-hybridized carbons (Fsp3) is 0.526. The van der Waals surface area contributed by atoms with Gasteiger partial charge in [-0.15, -0.1) is 0 Å². The molecule has 3 saturated heterocycles. The Balaban J connectivity index is 0.000000140. The minimum absolute atomic E-state index is 0.0582. The van der Waals surface area contributed by atoms with Crippen LogP contribution >= 0.6 is 70.1 Å². The van der Waals surface area contributed by atoms with E-state index >= 15 is 0 Å². The Hall–Kier alpha value is -5.37. The molecule has 0 bridgehead atoms. The van der Waals surface area contributed by atoms with Gasteiger partial charge >= 0.3 is 0 Å². The first-order valence-electron chi connectivity index (χ1n) is 28.5. The maximum absolute atomic E-state index is 13.9. The number of ether oxygens (including phenoxy) is 1. The smallest absolute Gasteiger partial charge is 0.233 e. The molecule has 12 N–H and O–H groups in total. The number of hydrogen-bond donors (Lipinski definition) is 6. The molecule has 12 rings (SSSR count). The van der Waals surface area contributed by atoms with Gasteiger partial charge in [0.05, 0.1) is 35.7 Å². The van der Waals surface area contributed by atoms with Gasteiger partial charge in [-0.3, -0.25) is 0 Å². The highest BCUT2D eigenvalue weighted by atomic mass is 35.5. The summed E-state index contributed by atoms with van der Waals surface area (Å²) in [5.74, 6) is 5.65. The van der Waals surface area contributed by atoms with Crippen LogP contribution in [-0.2, 0) is 0 Å². The van der Waals surface area contributed by atoms with E-state index in [2.05, 4.69) is 73.4 Å². The summed E-state index contributed by atoms with van der Waals surface area (Å²) >= 11 is 22.7. The van der Waals surface area contributed by atoms with Gasteiger partial charge < -0.3 is 53.8 Å². The van der Waals surface area contributed by atoms with Crippen molar-refractivity contribution in [3.63, 3.8) is 0 Å². The maximum atomic E-state index is 13.9. The van der Waals surface area contributed by atoms with Crippen LogP contribution in [0.4, 0.5) is 55.3 Å². The van der Waals surface area contributed by atoms with E-state index in [1.54, 1.807) is 50.2 Å². The Morgan fingerprint density at radius 3 is 1.27 bits per heavy atom. The van der Waals surface area contributed by atoms with E-state index in [-0.39, 0.29) is 28.5 Å². The molecule has 3 aliphatic carbocycles. The van der Waals surface area contributed by atoms with Crippen molar-refractivity contribution in [3.8, 4) is 5.88 Å². The lowest BCUT2D eigenvalue weighted by Crippen LogP contribution is -2.47. The average Bonchev–Trinajstić information content (AvgIpc) is 4.26. The van der Waals surface area contributed by atoms with Crippen molar-refractivity contribution in [2.45, 2.75) is 145 Å². The zero-order valence-corrected chi connectivity index (χ0v) is 52.1. The Labute approximate surface area is 517 Å². The van der Waals surface area contributed by atoms with Crippen molar-refractivity contribution in [1.82, 2.24) is 44.9 Å². The predicted octanol–water partition coefficient (Wildman–Crippen LogP) is 11.8. The van der Waals surface area contributed by atoms with Gasteiger partial charge in [0.15, 0.2) is 17.5 Å². The van der Waals surface area contributed by atoms with Crippen LogP contribution in [0.5, 0.6) is 5.88 Å². The van der Waals surface area contributed by atoms with Gasteiger partial charge in [-0.2, -0.15) is 0 Å². The number of anilines is 8. The molecule has 3 saturated carbocycles. The van der Waals surface area contributed by atoms with Gasteiger partial charge in [0.2, 0.25) is 5.88 Å². The van der Waals surface area contributed by atoms with E-state index in [1.165, 1.54) is 67.4 Å². The lowest BCUT2D eigenvalue weighted by atomic mass is 9.71. The van der Waals surface area contributed by atoms with E-state index in [0.717, 1.165) is 103 Å². The third-order valence-electron chi connectivity index (χ3n) is 18.5. The molecule has 27 heteroatoms. The SMILES string of the molecule is COc1nccc(Sc2ncc(N3CCC4(CCC[C@H]4C)CC3)nc2N)c1Cl.C[C@@H]1C[C@@H](F)CC12CCN(c1cnc(Sc3ccnc(N)c3Cl)c(N)n1)CC2.Nc1nc(N2CCC3(CC2)C[C@@H](F)C[C@H]3N)cnc1Sc1ccnc(N)c1Cl. The Kier molecular flexibility index (Phi) is 19.3. The molecule has 6 aromatic rings. The monoisotopic (exact) mass is 1260 g/mol. The first-order valence-corrected chi connectivity index (χ1v) is 32.0. The average molecular weight is 1270 g/mol. The molecule has 0 aromatic carbocycles. The molecule has 84 heavy (non-hydrogen) atoms. The minimum atomic E-state index is -0.776. The third kappa shape index (κ3) is 13.4. The third-order valence-corrected chi connectivity index (χ3v) is 23.2. The van der Waals surface area contributed by atoms with Crippen LogP contribution in [0.2, 0.25) is 15.1 Å². The number of piperidine rings is 3. The van der Waals surface area contributed by atoms with Crippen LogP contribution < -0.4 is 53.8 Å². The maximum Gasteiger partial charge on any atom is 0.233 e. The number of nitrogen functional groups attached to an aromatic ring is 5. The Morgan fingerprint density at radius 1 is 0.512 bits per heavy atom. The van der Waals surface area contributed by atoms with Gasteiger partial charge in [-0.25, -0.2) is 53.6 Å². The summed E-state index contributed by atoms with van der Waals surface area (Å²) in [4.78, 5) is 48.1. The molecular weight excluding hydrogens is 1190 g/mol. The number of hydrogen-bond acceptors (Lipinski definition) is 22. The van der Waals surface area contributed by atoms with Gasteiger partial charge in [-0.1, -0.05) is 96.8 Å². The van der Waals surface area contributed by atoms with Crippen molar-refractivity contribution in [2.24, 2.45) is 33.8 Å². The summed E-state index contributed by atoms with van der Waals surface area (Å²) < 4.78 is 32.8. The predicted molar refractivity (Wildman–Crippen MR) is 335 cm³/mol. The first-order chi connectivity index (χ1) is 40.3. The van der Waals surface area contributed by atoms with E-state index < -0.39 is 12.3 Å². The van der Waals surface area contributed by atoms with Gasteiger partial charge in [-0.05, 0) is 117 Å². The molecule has 450 valence electrons. The molecule has 0 amide bonds. The number of nitrogens with zero attached hydrogens (tertiary/aromatic N) is 12. The molecule has 6 aromatic heterocycles. The van der Waals surface area contributed by atoms with E-state index in [4.69, 9.17) is 73.9 Å². The van der Waals surface area contributed by atoms with Crippen molar-refractivity contribution >= 4 is 117 Å². The summed E-state index contributed by atoms with van der Waals surface area (Å²) in [5.41, 5.74) is 36.8. The highest BCUT2D eigenvalue weighted by Crippen LogP contribution is 2.53. The molecule has 19 nitrogen and oxygen atoms in total. The van der Waals surface area contributed by atoms with Crippen molar-refractivity contribution in [1.29, 1.82) is 0 Å². The topological polar surface area (TPSA) is 291 Å². The molecule has 0 unspecified atom stereocenters. The molecule has 0 radical (unpaired) electrons. The summed E-state index contributed by atoms with van der Waals surface area (Å²) in [6, 6.07) is 5.28. The quantitative estimate of drug-likeness (QED) is 0.0743. The standard InChI is InChI=1S/C20H26ClN5OS.C19H24ClFN6S.C18H23ClFN7S/c1-13-4-3-6-20(13)7-10-26(11-8-20)15-12-24-19(17(22)25-15)28-14-5-9-23-18(27-2)16(14)21;1-11-8-12(21)9-19(11)3-6-27(7-4-19)14-10-25-18(17(23)26-14)28-13-2-5-24-16(22)15(13)20;19-14-11(1-4-24-15(14)22)28-17-16(23)26-13(9-25-17)27-5-2-18(3-6-27)8-10(20)7-12(18)21/h5,9,12-13H,3-4,6-8,10-11H2,1-2H3,(H2,22,25);2,5,10-12H,3-4,6-9H2,1H3,(H2,22,24)(H2,23,26);1,4,9-10,12H,2-3,5-8,21H2,(H2,22,24)(H2,23,26)/t13-;11-,12-;10-,12+/m110/s1. The van der Waals surface area contributed by atoms with Crippen molar-refractivity contribution < 1.29 is 13.5 Å². The molecule has 6 aliphatic rings. The van der Waals surface area contributed by atoms with E-state index in [0.29, 0.717) is 90.5 Å². The summed E-state index contributed by atoms with van der Waals surface area (Å²) in [6.45, 7) is 9.91. The Bertz CT molecular complexity index is 3140. The molecule has 9 heterocycles. The summed E-state index contributed by atoms with van der Waals surface area (Å²) in [7, 11) is 1.54. The van der Waals surface area contributed by atoms with E-state index in [9.17, 15) is 8.78 Å². The van der Waals surface area contributed by atoms with Gasteiger partial charge in [0.1, 0.15) is 61.5 Å². The zero-order valence-electron chi connectivity index (χ0n) is 47.4. The number of halogens is 5. The largest absolute Gasteiger partial charge is 0.480 e. The highest BCUT2D eigenvalue weighted by Gasteiger charge is 2.49. The number of methoxy groups -OCH3 is 1. The molecule has 3 aliphatic heterocycles. The van der Waals surface area contributed by atoms with E-state index in [1.807, 2.05) is 12.3 Å². The van der Waals surface area contributed by atoms with Gasteiger partial charge in [0.25, 0.3) is 0 Å². The second-order valence-corrected chi connectivity index (χ2v) is 27.4. The van der Waals surface area contributed by atoms with Crippen molar-refractivity contribution in [2.75, 3.05) is 89.7 Å². The fourth-order valence-corrected chi connectivity index (χ4v) is 16.4. The van der Waals surface area contributed by atoms with Crippen LogP contribution in [0.15, 0.2) is 85.1 Å². The summed E-state index contributed by atoms with van der Waals surface area (Å²) in [6.07, 6.45) is 21.4. The normalized spacial score (nSPS) is 23.1. The number of aromatic nitrogens is 9. The lowest BCUT2D eigenvalue weighted by Gasteiger charge is -2.42. The zero-order chi connectivity index (χ0) is 59.5. The number of alkyl halides is 2. The summed E-state index contributed by atoms with van der Waals surface area (Å²) in [5, 5.41) is 2.98. The van der Waals surface area contributed by atoms with Crippen LogP contribution in [0.1, 0.15) is 97.3 Å². The van der Waals surface area contributed by atoms with Crippen molar-refractivity contribution in [3.05, 3.63) is 70.4 Å². The van der Waals surface area contributed by atoms with Gasteiger partial charge in [0, 0.05) is 78.6 Å². The second-order valence-electron chi connectivity index (χ2n) is 23.1. The number of nitrogens with two attached hydrogens (primary N) is 6. The number of rotatable bonds is 10.